The lowest BCUT2D eigenvalue weighted by molar-refractivity contribution is 0.0862. The fourth-order valence-electron chi connectivity index (χ4n) is 3.10. The average Bonchev–Trinajstić information content (AvgIpc) is 2.38. The molecule has 1 aliphatic rings. The van der Waals surface area contributed by atoms with E-state index < -0.39 is 9.84 Å². The summed E-state index contributed by atoms with van der Waals surface area (Å²) in [4.78, 5) is 2.88. The Hall–Kier alpha value is -0.910. The van der Waals surface area contributed by atoms with E-state index in [1.165, 1.54) is 11.8 Å². The second kappa shape index (κ2) is 6.07. The molecule has 1 aromatic rings. The zero-order valence-corrected chi connectivity index (χ0v) is 14.2. The molecule has 0 aliphatic carbocycles. The fourth-order valence-corrected chi connectivity index (χ4v) is 3.73. The highest BCUT2D eigenvalue weighted by atomic mass is 32.2. The summed E-state index contributed by atoms with van der Waals surface area (Å²) in [5, 5.41) is 3.38. The first-order valence-corrected chi connectivity index (χ1v) is 9.33. The van der Waals surface area contributed by atoms with E-state index in [2.05, 4.69) is 31.0 Å². The summed E-state index contributed by atoms with van der Waals surface area (Å²) < 4.78 is 23.2. The molecule has 4 nitrogen and oxygen atoms in total. The second-order valence-corrected chi connectivity index (χ2v) is 8.91. The van der Waals surface area contributed by atoms with E-state index in [0.717, 1.165) is 26.2 Å². The van der Waals surface area contributed by atoms with Gasteiger partial charge in [-0.25, -0.2) is 8.42 Å². The van der Waals surface area contributed by atoms with Crippen LogP contribution in [-0.4, -0.2) is 45.8 Å². The quantitative estimate of drug-likeness (QED) is 0.929. The van der Waals surface area contributed by atoms with Gasteiger partial charge in [0, 0.05) is 38.5 Å². The molecule has 1 heterocycles. The molecule has 0 amide bonds. The molecule has 1 fully saturated rings. The van der Waals surface area contributed by atoms with Crippen molar-refractivity contribution in [2.75, 3.05) is 32.4 Å². The van der Waals surface area contributed by atoms with Crippen molar-refractivity contribution in [1.29, 1.82) is 0 Å². The molecule has 2 rings (SSSR count). The van der Waals surface area contributed by atoms with Crippen molar-refractivity contribution in [3.05, 3.63) is 29.8 Å². The third kappa shape index (κ3) is 4.05. The molecule has 0 saturated carbocycles. The first kappa shape index (κ1) is 16.5. The van der Waals surface area contributed by atoms with Crippen molar-refractivity contribution in [3.63, 3.8) is 0 Å². The number of sulfone groups is 1. The lowest BCUT2D eigenvalue weighted by Crippen LogP contribution is -2.48. The molecule has 1 atom stereocenters. The van der Waals surface area contributed by atoms with Crippen molar-refractivity contribution in [2.24, 2.45) is 5.41 Å². The van der Waals surface area contributed by atoms with Crippen LogP contribution in [0.15, 0.2) is 29.2 Å². The highest BCUT2D eigenvalue weighted by Gasteiger charge is 2.32. The summed E-state index contributed by atoms with van der Waals surface area (Å²) >= 11 is 0. The molecular formula is C16H26N2O2S. The highest BCUT2D eigenvalue weighted by molar-refractivity contribution is 7.90. The zero-order chi connectivity index (χ0) is 15.7. The zero-order valence-electron chi connectivity index (χ0n) is 13.4. The van der Waals surface area contributed by atoms with Gasteiger partial charge >= 0.3 is 0 Å². The van der Waals surface area contributed by atoms with Gasteiger partial charge in [0.15, 0.2) is 9.84 Å². The maximum absolute atomic E-state index is 11.6. The maximum Gasteiger partial charge on any atom is 0.175 e. The molecule has 0 unspecified atom stereocenters. The number of hydrogen-bond donors (Lipinski definition) is 1. The average molecular weight is 310 g/mol. The molecule has 0 aromatic heterocycles. The molecule has 0 spiro atoms. The Bertz CT molecular complexity index is 567. The molecule has 1 N–H and O–H groups in total. The molecule has 1 aliphatic heterocycles. The van der Waals surface area contributed by atoms with E-state index in [4.69, 9.17) is 0 Å². The van der Waals surface area contributed by atoms with Gasteiger partial charge in [0.25, 0.3) is 0 Å². The molecule has 5 heteroatoms. The summed E-state index contributed by atoms with van der Waals surface area (Å²) in [6, 6.07) is 7.69. The Morgan fingerprint density at radius 1 is 1.10 bits per heavy atom. The van der Waals surface area contributed by atoms with Gasteiger partial charge in [-0.05, 0) is 23.1 Å². The molecule has 1 saturated heterocycles. The number of nitrogens with one attached hydrogen (secondary N) is 1. The minimum atomic E-state index is -3.13. The molecule has 21 heavy (non-hydrogen) atoms. The Morgan fingerprint density at radius 3 is 2.05 bits per heavy atom. The second-order valence-electron chi connectivity index (χ2n) is 6.90. The Labute approximate surface area is 128 Å². The van der Waals surface area contributed by atoms with Gasteiger partial charge in [-0.1, -0.05) is 32.9 Å². The van der Waals surface area contributed by atoms with E-state index in [1.54, 1.807) is 12.1 Å². The number of hydrogen-bond acceptors (Lipinski definition) is 4. The van der Waals surface area contributed by atoms with Crippen molar-refractivity contribution >= 4 is 9.84 Å². The lowest BCUT2D eigenvalue weighted by atomic mass is 9.81. The Kier molecular flexibility index (Phi) is 4.76. The van der Waals surface area contributed by atoms with Gasteiger partial charge in [0.05, 0.1) is 4.90 Å². The van der Waals surface area contributed by atoms with Crippen LogP contribution in [-0.2, 0) is 9.84 Å². The summed E-state index contributed by atoms with van der Waals surface area (Å²) in [6.07, 6.45) is 1.25. The standard InChI is InChI=1S/C16H26N2O2S/c1-16(2,3)15(18-11-9-17-10-12-18)13-5-7-14(8-6-13)21(4,19)20/h5-8,15,17H,9-12H2,1-4H3/t15-/m0/s1. The van der Waals surface area contributed by atoms with Gasteiger partial charge in [0.1, 0.15) is 0 Å². The molecule has 118 valence electrons. The Morgan fingerprint density at radius 2 is 1.62 bits per heavy atom. The Balaban J connectivity index is 2.33. The molecule has 0 radical (unpaired) electrons. The van der Waals surface area contributed by atoms with Crippen LogP contribution in [0.5, 0.6) is 0 Å². The third-order valence-corrected chi connectivity index (χ3v) is 5.09. The van der Waals surface area contributed by atoms with Crippen LogP contribution in [0.3, 0.4) is 0 Å². The van der Waals surface area contributed by atoms with Crippen LogP contribution in [0.1, 0.15) is 32.4 Å². The first-order valence-electron chi connectivity index (χ1n) is 7.44. The highest BCUT2D eigenvalue weighted by Crippen LogP contribution is 2.38. The van der Waals surface area contributed by atoms with Crippen molar-refractivity contribution in [1.82, 2.24) is 10.2 Å². The smallest absolute Gasteiger partial charge is 0.175 e. The van der Waals surface area contributed by atoms with Crippen LogP contribution in [0.25, 0.3) is 0 Å². The van der Waals surface area contributed by atoms with Crippen molar-refractivity contribution in [3.8, 4) is 0 Å². The predicted octanol–water partition coefficient (Wildman–Crippen LogP) is 2.08. The normalized spacial score (nSPS) is 19.4. The largest absolute Gasteiger partial charge is 0.314 e. The van der Waals surface area contributed by atoms with E-state index in [1.807, 2.05) is 12.1 Å². The molecule has 1 aromatic carbocycles. The van der Waals surface area contributed by atoms with Crippen LogP contribution in [0.4, 0.5) is 0 Å². The van der Waals surface area contributed by atoms with Gasteiger partial charge < -0.3 is 5.32 Å². The van der Waals surface area contributed by atoms with Crippen LogP contribution in [0.2, 0.25) is 0 Å². The SMILES string of the molecule is CC(C)(C)[C@H](c1ccc(S(C)(=O)=O)cc1)N1CCNCC1. The van der Waals surface area contributed by atoms with Crippen LogP contribution >= 0.6 is 0 Å². The third-order valence-electron chi connectivity index (χ3n) is 3.96. The maximum atomic E-state index is 11.6. The van der Waals surface area contributed by atoms with Crippen molar-refractivity contribution < 1.29 is 8.42 Å². The van der Waals surface area contributed by atoms with E-state index in [9.17, 15) is 8.42 Å². The summed E-state index contributed by atoms with van der Waals surface area (Å²) in [6.45, 7) is 10.8. The number of benzene rings is 1. The van der Waals surface area contributed by atoms with Crippen LogP contribution < -0.4 is 5.32 Å². The molecular weight excluding hydrogens is 284 g/mol. The minimum absolute atomic E-state index is 0.101. The molecule has 0 bridgehead atoms. The fraction of sp³-hybridized carbons (Fsp3) is 0.625. The van der Waals surface area contributed by atoms with E-state index in [-0.39, 0.29) is 5.41 Å². The predicted molar refractivity (Wildman–Crippen MR) is 86.2 cm³/mol. The first-order chi connectivity index (χ1) is 9.69. The summed E-state index contributed by atoms with van der Waals surface area (Å²) in [7, 11) is -3.13. The monoisotopic (exact) mass is 310 g/mol. The lowest BCUT2D eigenvalue weighted by Gasteiger charge is -2.42. The topological polar surface area (TPSA) is 49.4 Å². The number of rotatable bonds is 3. The van der Waals surface area contributed by atoms with Gasteiger partial charge in [0.2, 0.25) is 0 Å². The summed E-state index contributed by atoms with van der Waals surface area (Å²) in [5.41, 5.74) is 1.29. The van der Waals surface area contributed by atoms with Crippen LogP contribution in [0, 0.1) is 5.41 Å². The van der Waals surface area contributed by atoms with Gasteiger partial charge in [-0.3, -0.25) is 4.90 Å². The number of nitrogens with zero attached hydrogens (tertiary/aromatic N) is 1. The van der Waals surface area contributed by atoms with E-state index in [0.29, 0.717) is 10.9 Å². The minimum Gasteiger partial charge on any atom is -0.314 e. The summed E-state index contributed by atoms with van der Waals surface area (Å²) in [5.74, 6) is 0. The van der Waals surface area contributed by atoms with Gasteiger partial charge in [-0.2, -0.15) is 0 Å². The number of piperazine rings is 1. The van der Waals surface area contributed by atoms with Crippen molar-refractivity contribution in [2.45, 2.75) is 31.7 Å². The van der Waals surface area contributed by atoms with E-state index >= 15 is 0 Å². The van der Waals surface area contributed by atoms with Gasteiger partial charge in [-0.15, -0.1) is 0 Å².